The average molecular weight is 191 g/mol. The predicted molar refractivity (Wildman–Crippen MR) is 51.0 cm³/mol. The van der Waals surface area contributed by atoms with Crippen molar-refractivity contribution in [3.8, 4) is 0 Å². The number of rotatable bonds is 1. The molecule has 0 radical (unpaired) electrons. The van der Waals surface area contributed by atoms with Gasteiger partial charge < -0.3 is 4.74 Å². The van der Waals surface area contributed by atoms with Gasteiger partial charge in [-0.3, -0.25) is 15.5 Å². The Morgan fingerprint density at radius 2 is 2.43 bits per heavy atom. The first kappa shape index (κ1) is 8.68. The van der Waals surface area contributed by atoms with Gasteiger partial charge in [0.15, 0.2) is 0 Å². The second kappa shape index (κ2) is 3.10. The van der Waals surface area contributed by atoms with Crippen molar-refractivity contribution in [1.29, 1.82) is 5.41 Å². The number of hydrogen-bond donors (Lipinski definition) is 2. The molecular weight excluding hydrogens is 182 g/mol. The minimum Gasteiger partial charge on any atom is -0.497 e. The lowest BCUT2D eigenvalue weighted by Crippen LogP contribution is -2.42. The molecule has 0 saturated heterocycles. The van der Waals surface area contributed by atoms with E-state index in [9.17, 15) is 4.79 Å². The molecule has 14 heavy (non-hydrogen) atoms. The van der Waals surface area contributed by atoms with Gasteiger partial charge >= 0.3 is 0 Å². The minimum atomic E-state index is -0.386. The van der Waals surface area contributed by atoms with E-state index in [0.717, 1.165) is 0 Å². The van der Waals surface area contributed by atoms with Gasteiger partial charge in [-0.05, 0) is 6.08 Å². The summed E-state index contributed by atoms with van der Waals surface area (Å²) in [5, 5.41) is 9.60. The Labute approximate surface area is 80.7 Å². The molecule has 72 valence electrons. The highest BCUT2D eigenvalue weighted by Gasteiger charge is 2.28. The number of aliphatic imine (C=N–C) groups is 1. The van der Waals surface area contributed by atoms with Crippen molar-refractivity contribution >= 4 is 17.6 Å². The van der Waals surface area contributed by atoms with E-state index in [0.29, 0.717) is 11.5 Å². The molecule has 0 spiro atoms. The second-order valence-electron chi connectivity index (χ2n) is 2.96. The molecule has 2 aliphatic rings. The number of allylic oxidation sites excluding steroid dienone is 2. The molecular formula is C9H9N3O2. The Balaban J connectivity index is 2.39. The minimum absolute atomic E-state index is 0.122. The summed E-state index contributed by atoms with van der Waals surface area (Å²) in [5.41, 5.74) is 0.554. The quantitative estimate of drug-likeness (QED) is 0.621. The fourth-order valence-corrected chi connectivity index (χ4v) is 1.38. The number of carbonyl (C=O) groups excluding carboxylic acids is 1. The maximum atomic E-state index is 11.4. The van der Waals surface area contributed by atoms with E-state index in [-0.39, 0.29) is 17.8 Å². The molecule has 1 amide bonds. The molecule has 0 aromatic heterocycles. The number of nitrogens with one attached hydrogen (secondary N) is 2. The highest BCUT2D eigenvalue weighted by Crippen LogP contribution is 2.17. The van der Waals surface area contributed by atoms with Crippen molar-refractivity contribution in [1.82, 2.24) is 5.32 Å². The fraction of sp³-hybridized carbons (Fsp3) is 0.222. The average Bonchev–Trinajstić information content (AvgIpc) is 2.16. The van der Waals surface area contributed by atoms with Crippen LogP contribution in [-0.4, -0.2) is 24.7 Å². The van der Waals surface area contributed by atoms with Gasteiger partial charge in [0.05, 0.1) is 18.7 Å². The van der Waals surface area contributed by atoms with Crippen LogP contribution in [-0.2, 0) is 9.53 Å². The number of amides is 1. The lowest BCUT2D eigenvalue weighted by Gasteiger charge is -2.21. The van der Waals surface area contributed by atoms with Crippen molar-refractivity contribution in [3.05, 3.63) is 24.0 Å². The van der Waals surface area contributed by atoms with Crippen LogP contribution in [0.5, 0.6) is 0 Å². The number of ether oxygens (including phenoxy) is 1. The van der Waals surface area contributed by atoms with Crippen LogP contribution in [0.4, 0.5) is 0 Å². The van der Waals surface area contributed by atoms with Gasteiger partial charge in [0, 0.05) is 6.08 Å². The van der Waals surface area contributed by atoms with Crippen LogP contribution in [0, 0.1) is 11.3 Å². The van der Waals surface area contributed by atoms with Crippen molar-refractivity contribution in [2.75, 3.05) is 7.11 Å². The molecule has 1 aliphatic heterocycles. The van der Waals surface area contributed by atoms with Crippen LogP contribution in [0.3, 0.4) is 0 Å². The fourth-order valence-electron chi connectivity index (χ4n) is 1.38. The zero-order valence-corrected chi connectivity index (χ0v) is 7.57. The van der Waals surface area contributed by atoms with E-state index < -0.39 is 0 Å². The number of carbonyl (C=O) groups is 1. The highest BCUT2D eigenvalue weighted by atomic mass is 16.5. The number of hydrogen-bond acceptors (Lipinski definition) is 3. The van der Waals surface area contributed by atoms with Gasteiger partial charge in [0.1, 0.15) is 5.76 Å². The van der Waals surface area contributed by atoms with Crippen molar-refractivity contribution in [2.45, 2.75) is 0 Å². The van der Waals surface area contributed by atoms with E-state index in [2.05, 4.69) is 10.3 Å². The third-order valence-corrected chi connectivity index (χ3v) is 2.06. The normalized spacial score (nSPS) is 24.8. The van der Waals surface area contributed by atoms with Crippen molar-refractivity contribution < 1.29 is 9.53 Å². The zero-order chi connectivity index (χ0) is 10.1. The largest absolute Gasteiger partial charge is 0.497 e. The third kappa shape index (κ3) is 1.32. The molecule has 1 aliphatic carbocycles. The van der Waals surface area contributed by atoms with Gasteiger partial charge in [-0.15, -0.1) is 0 Å². The summed E-state index contributed by atoms with van der Waals surface area (Å²) in [6.45, 7) is 0. The number of nitrogens with zero attached hydrogens (tertiary/aromatic N) is 1. The van der Waals surface area contributed by atoms with Crippen LogP contribution in [0.25, 0.3) is 0 Å². The summed E-state index contributed by atoms with van der Waals surface area (Å²) in [6.07, 6.45) is 5.09. The molecule has 5 heteroatoms. The molecule has 0 aromatic rings. The van der Waals surface area contributed by atoms with Crippen LogP contribution in [0.15, 0.2) is 29.0 Å². The summed E-state index contributed by atoms with van der Waals surface area (Å²) in [6, 6.07) is 0. The highest BCUT2D eigenvalue weighted by molar-refractivity contribution is 6.22. The number of methoxy groups -OCH3 is 1. The summed E-state index contributed by atoms with van der Waals surface area (Å²) in [4.78, 5) is 15.3. The van der Waals surface area contributed by atoms with Gasteiger partial charge in [-0.25, -0.2) is 4.99 Å². The van der Waals surface area contributed by atoms with E-state index in [1.54, 1.807) is 25.3 Å². The Morgan fingerprint density at radius 1 is 1.64 bits per heavy atom. The molecule has 5 nitrogen and oxygen atoms in total. The van der Waals surface area contributed by atoms with E-state index in [4.69, 9.17) is 10.1 Å². The molecule has 0 saturated carbocycles. The maximum absolute atomic E-state index is 11.4. The van der Waals surface area contributed by atoms with Gasteiger partial charge in [-0.2, -0.15) is 0 Å². The van der Waals surface area contributed by atoms with Crippen LogP contribution in [0.2, 0.25) is 0 Å². The molecule has 0 bridgehead atoms. The van der Waals surface area contributed by atoms with Gasteiger partial charge in [0.25, 0.3) is 0 Å². The molecule has 2 N–H and O–H groups in total. The Bertz CT molecular complexity index is 393. The lowest BCUT2D eigenvalue weighted by atomic mass is 9.95. The molecule has 2 rings (SSSR count). The van der Waals surface area contributed by atoms with Crippen molar-refractivity contribution in [2.24, 2.45) is 10.9 Å². The monoisotopic (exact) mass is 191 g/mol. The molecule has 1 atom stereocenters. The van der Waals surface area contributed by atoms with E-state index >= 15 is 0 Å². The third-order valence-electron chi connectivity index (χ3n) is 2.06. The van der Waals surface area contributed by atoms with Gasteiger partial charge in [-0.1, -0.05) is 6.08 Å². The summed E-state index contributed by atoms with van der Waals surface area (Å²) in [5.74, 6) is -0.0867. The lowest BCUT2D eigenvalue weighted by molar-refractivity contribution is -0.120. The van der Waals surface area contributed by atoms with Crippen LogP contribution >= 0.6 is 0 Å². The van der Waals surface area contributed by atoms with E-state index in [1.165, 1.54) is 0 Å². The van der Waals surface area contributed by atoms with Crippen LogP contribution in [0.1, 0.15) is 0 Å². The first-order valence-electron chi connectivity index (χ1n) is 4.12. The molecule has 0 fully saturated rings. The SMILES string of the molecule is COC1=CC2=NC(=N)NC(=O)C2C=C1. The topological polar surface area (TPSA) is 74.5 Å². The van der Waals surface area contributed by atoms with Crippen molar-refractivity contribution in [3.63, 3.8) is 0 Å². The second-order valence-corrected chi connectivity index (χ2v) is 2.96. The predicted octanol–water partition coefficient (Wildman–Crippen LogP) is 0.208. The first-order valence-corrected chi connectivity index (χ1v) is 4.12. The summed E-state index contributed by atoms with van der Waals surface area (Å²) in [7, 11) is 1.55. The molecule has 0 aromatic carbocycles. The Morgan fingerprint density at radius 3 is 3.14 bits per heavy atom. The number of guanidine groups is 1. The molecule has 1 unspecified atom stereocenters. The zero-order valence-electron chi connectivity index (χ0n) is 7.57. The Kier molecular flexibility index (Phi) is 1.92. The van der Waals surface area contributed by atoms with Gasteiger partial charge in [0.2, 0.25) is 11.9 Å². The smallest absolute Gasteiger partial charge is 0.239 e. The maximum Gasteiger partial charge on any atom is 0.239 e. The van der Waals surface area contributed by atoms with E-state index in [1.807, 2.05) is 0 Å². The van der Waals surface area contributed by atoms with Crippen LogP contribution < -0.4 is 5.32 Å². The Hall–Kier alpha value is -1.91. The summed E-state index contributed by atoms with van der Waals surface area (Å²) < 4.78 is 5.00. The molecule has 1 heterocycles. The standard InChI is InChI=1S/C9H9N3O2/c1-14-5-2-3-6-7(4-5)11-9(10)12-8(6)13/h2-4,6H,1H3,(H2,10,12,13). The number of fused-ring (bicyclic) bond motifs is 1. The summed E-state index contributed by atoms with van der Waals surface area (Å²) >= 11 is 0. The first-order chi connectivity index (χ1) is 6.70.